The lowest BCUT2D eigenvalue weighted by molar-refractivity contribution is -0.384. The van der Waals surface area contributed by atoms with E-state index in [1.165, 1.54) is 24.3 Å². The van der Waals surface area contributed by atoms with Crippen molar-refractivity contribution in [3.8, 4) is 17.2 Å². The van der Waals surface area contributed by atoms with Crippen molar-refractivity contribution in [2.75, 3.05) is 11.5 Å². The van der Waals surface area contributed by atoms with Gasteiger partial charge in [-0.15, -0.1) is 11.3 Å². The van der Waals surface area contributed by atoms with Crippen molar-refractivity contribution in [2.24, 2.45) is 0 Å². The highest BCUT2D eigenvalue weighted by Crippen LogP contribution is 2.43. The lowest BCUT2D eigenvalue weighted by Gasteiger charge is -2.09. The van der Waals surface area contributed by atoms with Crippen LogP contribution in [0.1, 0.15) is 20.8 Å². The summed E-state index contributed by atoms with van der Waals surface area (Å²) in [7, 11) is 0. The molecule has 0 amide bonds. The Morgan fingerprint density at radius 1 is 1.10 bits per heavy atom. The first-order valence-electron chi connectivity index (χ1n) is 8.68. The molecule has 8 nitrogen and oxygen atoms in total. The number of thiophene rings is 1. The van der Waals surface area contributed by atoms with Crippen molar-refractivity contribution in [3.63, 3.8) is 0 Å². The number of aromatic nitrogens is 1. The van der Waals surface area contributed by atoms with Crippen LogP contribution in [0.25, 0.3) is 21.3 Å². The fraction of sp³-hybridized carbons (Fsp3) is 0. The van der Waals surface area contributed by atoms with E-state index < -0.39 is 4.92 Å². The number of rotatable bonds is 4. The summed E-state index contributed by atoms with van der Waals surface area (Å²) in [5.41, 5.74) is 14.1. The molecule has 146 valence electrons. The predicted octanol–water partition coefficient (Wildman–Crippen LogP) is 4.14. The van der Waals surface area contributed by atoms with Crippen LogP contribution in [0.5, 0.6) is 0 Å². The molecule has 0 saturated carbocycles. The number of nitrogens with zero attached hydrogens (tertiary/aromatic N) is 3. The average molecular weight is 415 g/mol. The summed E-state index contributed by atoms with van der Waals surface area (Å²) in [5, 5.41) is 21.0. The number of carbonyl (C=O) groups is 1. The number of non-ortho nitro benzene ring substituents is 1. The second-order valence-corrected chi connectivity index (χ2v) is 7.38. The molecule has 0 bridgehead atoms. The van der Waals surface area contributed by atoms with Gasteiger partial charge in [0.1, 0.15) is 27.2 Å². The van der Waals surface area contributed by atoms with E-state index in [0.29, 0.717) is 15.8 Å². The van der Waals surface area contributed by atoms with Gasteiger partial charge in [-0.05, 0) is 17.7 Å². The molecule has 0 radical (unpaired) electrons. The van der Waals surface area contributed by atoms with Gasteiger partial charge >= 0.3 is 0 Å². The molecule has 2 aromatic carbocycles. The zero-order valence-corrected chi connectivity index (χ0v) is 16.1. The number of fused-ring (bicyclic) bond motifs is 1. The quantitative estimate of drug-likeness (QED) is 0.289. The molecular formula is C21H13N5O3S. The first kappa shape index (κ1) is 19.0. The number of ketones is 1. The molecule has 0 spiro atoms. The van der Waals surface area contributed by atoms with Crippen molar-refractivity contribution >= 4 is 44.5 Å². The number of nitriles is 1. The van der Waals surface area contributed by atoms with Crippen molar-refractivity contribution in [3.05, 3.63) is 80.7 Å². The maximum Gasteiger partial charge on any atom is 0.269 e. The highest BCUT2D eigenvalue weighted by Gasteiger charge is 2.25. The van der Waals surface area contributed by atoms with Crippen molar-refractivity contribution in [2.45, 2.75) is 0 Å². The van der Waals surface area contributed by atoms with Crippen LogP contribution in [0, 0.1) is 21.4 Å². The highest BCUT2D eigenvalue weighted by molar-refractivity contribution is 7.21. The Morgan fingerprint density at radius 2 is 1.77 bits per heavy atom. The number of anilines is 2. The molecule has 0 aliphatic carbocycles. The summed E-state index contributed by atoms with van der Waals surface area (Å²) in [6.45, 7) is 0. The number of nitro benzene ring substituents is 1. The Kier molecular flexibility index (Phi) is 4.62. The van der Waals surface area contributed by atoms with Crippen LogP contribution >= 0.6 is 11.3 Å². The van der Waals surface area contributed by atoms with Gasteiger partial charge in [-0.1, -0.05) is 30.3 Å². The monoisotopic (exact) mass is 415 g/mol. The number of pyridine rings is 1. The summed E-state index contributed by atoms with van der Waals surface area (Å²) >= 11 is 1.07. The van der Waals surface area contributed by atoms with Crippen LogP contribution in [-0.2, 0) is 0 Å². The molecule has 0 aliphatic heterocycles. The van der Waals surface area contributed by atoms with Gasteiger partial charge in [-0.3, -0.25) is 14.9 Å². The van der Waals surface area contributed by atoms with Gasteiger partial charge < -0.3 is 11.5 Å². The molecule has 4 aromatic rings. The lowest BCUT2D eigenvalue weighted by Crippen LogP contribution is -2.03. The first-order chi connectivity index (χ1) is 14.4. The summed E-state index contributed by atoms with van der Waals surface area (Å²) in [4.78, 5) is 28.3. The second kappa shape index (κ2) is 7.27. The SMILES string of the molecule is N#Cc1c(N)nc2sc(C(=O)c3ccc([N+](=O)[O-])cc3)c(N)c2c1-c1ccccc1. The van der Waals surface area contributed by atoms with Crippen molar-refractivity contribution < 1.29 is 9.72 Å². The fourth-order valence-electron chi connectivity index (χ4n) is 3.21. The van der Waals surface area contributed by atoms with Crippen LogP contribution in [0.2, 0.25) is 0 Å². The third kappa shape index (κ3) is 3.01. The molecule has 4 rings (SSSR count). The number of nitrogens with two attached hydrogens (primary N) is 2. The average Bonchev–Trinajstić information content (AvgIpc) is 3.08. The molecule has 0 saturated heterocycles. The van der Waals surface area contributed by atoms with E-state index in [4.69, 9.17) is 11.5 Å². The van der Waals surface area contributed by atoms with Gasteiger partial charge in [0.2, 0.25) is 5.78 Å². The Bertz CT molecular complexity index is 1360. The Labute approximate surface area is 174 Å². The van der Waals surface area contributed by atoms with Gasteiger partial charge in [0.15, 0.2) is 0 Å². The third-order valence-electron chi connectivity index (χ3n) is 4.63. The van der Waals surface area contributed by atoms with Crippen LogP contribution < -0.4 is 11.5 Å². The zero-order chi connectivity index (χ0) is 21.4. The number of hydrogen-bond donors (Lipinski definition) is 2. The molecule has 2 heterocycles. The van der Waals surface area contributed by atoms with Crippen molar-refractivity contribution in [1.82, 2.24) is 4.98 Å². The van der Waals surface area contributed by atoms with Gasteiger partial charge in [-0.25, -0.2) is 4.98 Å². The number of nitrogen functional groups attached to an aromatic ring is 2. The molecular weight excluding hydrogens is 402 g/mol. The fourth-order valence-corrected chi connectivity index (χ4v) is 4.29. The third-order valence-corrected chi connectivity index (χ3v) is 5.72. The van der Waals surface area contributed by atoms with E-state index in [1.807, 2.05) is 30.3 Å². The Hall–Kier alpha value is -4.29. The topological polar surface area (TPSA) is 149 Å². The lowest BCUT2D eigenvalue weighted by atomic mass is 9.97. The molecule has 2 aromatic heterocycles. The number of benzene rings is 2. The largest absolute Gasteiger partial charge is 0.397 e. The van der Waals surface area contributed by atoms with Crippen LogP contribution in [0.3, 0.4) is 0 Å². The van der Waals surface area contributed by atoms with Crippen LogP contribution in [0.15, 0.2) is 54.6 Å². The number of nitro groups is 1. The Morgan fingerprint density at radius 3 is 2.37 bits per heavy atom. The molecule has 30 heavy (non-hydrogen) atoms. The maximum atomic E-state index is 13.0. The van der Waals surface area contributed by atoms with Gasteiger partial charge in [0.25, 0.3) is 5.69 Å². The summed E-state index contributed by atoms with van der Waals surface area (Å²) < 4.78 is 0. The molecule has 0 unspecified atom stereocenters. The van der Waals surface area contributed by atoms with Crippen LogP contribution in [-0.4, -0.2) is 15.7 Å². The summed E-state index contributed by atoms with van der Waals surface area (Å²) in [6.07, 6.45) is 0. The highest BCUT2D eigenvalue weighted by atomic mass is 32.1. The van der Waals surface area contributed by atoms with E-state index >= 15 is 0 Å². The van der Waals surface area contributed by atoms with Gasteiger partial charge in [0, 0.05) is 28.6 Å². The zero-order valence-electron chi connectivity index (χ0n) is 15.3. The van der Waals surface area contributed by atoms with E-state index in [-0.39, 0.29) is 39.0 Å². The molecule has 0 fully saturated rings. The smallest absolute Gasteiger partial charge is 0.269 e. The minimum atomic E-state index is -0.537. The number of carbonyl (C=O) groups excluding carboxylic acids is 1. The minimum absolute atomic E-state index is 0.0550. The van der Waals surface area contributed by atoms with Crippen molar-refractivity contribution in [1.29, 1.82) is 5.26 Å². The summed E-state index contributed by atoms with van der Waals surface area (Å²) in [5.74, 6) is -0.332. The minimum Gasteiger partial charge on any atom is -0.397 e. The van der Waals surface area contributed by atoms with Crippen LogP contribution in [0.4, 0.5) is 17.2 Å². The molecule has 0 atom stereocenters. The van der Waals surface area contributed by atoms with Gasteiger partial charge in [0.05, 0.1) is 10.6 Å². The molecule has 0 aliphatic rings. The van der Waals surface area contributed by atoms with Gasteiger partial charge in [-0.2, -0.15) is 5.26 Å². The standard InChI is InChI=1S/C21H13N5O3S/c22-10-14-15(11-4-2-1-3-5-11)16-17(23)19(30-21(16)25-20(14)24)18(27)12-6-8-13(9-7-12)26(28)29/h1-9H,23H2,(H2,24,25). The van der Waals surface area contributed by atoms with E-state index in [2.05, 4.69) is 11.1 Å². The molecule has 9 heteroatoms. The molecule has 4 N–H and O–H groups in total. The second-order valence-electron chi connectivity index (χ2n) is 6.38. The van der Waals surface area contributed by atoms with E-state index in [0.717, 1.165) is 16.9 Å². The summed E-state index contributed by atoms with van der Waals surface area (Å²) in [6, 6.07) is 16.5. The van der Waals surface area contributed by atoms with E-state index in [1.54, 1.807) is 0 Å². The normalized spacial score (nSPS) is 10.6. The first-order valence-corrected chi connectivity index (χ1v) is 9.50. The number of hydrogen-bond acceptors (Lipinski definition) is 8. The maximum absolute atomic E-state index is 13.0. The predicted molar refractivity (Wildman–Crippen MR) is 115 cm³/mol. The van der Waals surface area contributed by atoms with E-state index in [9.17, 15) is 20.2 Å². The Balaban J connectivity index is 1.94.